The molecule has 0 aromatic heterocycles. The molecule has 2 heterocycles. The molecule has 2 aromatic carbocycles. The molecule has 4 rings (SSSR count). The molecule has 2 aromatic rings. The molecule has 4 bridgehead atoms. The molecule has 1 fully saturated rings. The largest absolute Gasteiger partial charge is 0.493 e. The van der Waals surface area contributed by atoms with E-state index in [1.807, 2.05) is 62.5 Å². The summed E-state index contributed by atoms with van der Waals surface area (Å²) in [5.41, 5.74) is 3.98. The van der Waals surface area contributed by atoms with Gasteiger partial charge in [-0.3, -0.25) is 14.5 Å². The average Bonchev–Trinajstić information content (AvgIpc) is 3.48. The van der Waals surface area contributed by atoms with Gasteiger partial charge in [-0.1, -0.05) is 36.3 Å². The lowest BCUT2D eigenvalue weighted by Crippen LogP contribution is -2.30. The first kappa shape index (κ1) is 30.3. The number of allylic oxidation sites excluding steroid dienone is 1. The maximum Gasteiger partial charge on any atom is 0.298 e. The second-order valence-corrected chi connectivity index (χ2v) is 10.2. The first-order chi connectivity index (χ1) is 20.4. The Morgan fingerprint density at radius 1 is 1.24 bits per heavy atom. The maximum absolute atomic E-state index is 13.2. The van der Waals surface area contributed by atoms with Gasteiger partial charge >= 0.3 is 0 Å². The lowest BCUT2D eigenvalue weighted by Gasteiger charge is -2.18. The van der Waals surface area contributed by atoms with Crippen LogP contribution in [0.1, 0.15) is 37.8 Å². The number of nitrogens with zero attached hydrogens (tertiary/aromatic N) is 4. The van der Waals surface area contributed by atoms with E-state index in [9.17, 15) is 9.59 Å². The number of rotatable bonds is 2. The number of hydrogen-bond donors (Lipinski definition) is 2. The topological polar surface area (TPSA) is 98.6 Å². The number of aliphatic imine (C=N–C) groups is 2. The van der Waals surface area contributed by atoms with Crippen LogP contribution < -0.4 is 15.4 Å². The van der Waals surface area contributed by atoms with E-state index in [-0.39, 0.29) is 17.7 Å². The molecule has 42 heavy (non-hydrogen) atoms. The Kier molecular flexibility index (Phi) is 10.7. The van der Waals surface area contributed by atoms with Gasteiger partial charge in [0.05, 0.1) is 18.2 Å². The zero-order valence-corrected chi connectivity index (χ0v) is 24.5. The monoisotopic (exact) mass is 566 g/mol. The number of anilines is 2. The van der Waals surface area contributed by atoms with E-state index in [0.29, 0.717) is 55.7 Å². The van der Waals surface area contributed by atoms with Crippen molar-refractivity contribution < 1.29 is 14.3 Å². The Labute approximate surface area is 248 Å². The van der Waals surface area contributed by atoms with Crippen molar-refractivity contribution in [1.82, 2.24) is 9.80 Å². The number of ether oxygens (including phenoxy) is 1. The fraction of sp³-hybridized carbons (Fsp3) is 0.333. The van der Waals surface area contributed by atoms with Gasteiger partial charge in [0, 0.05) is 43.1 Å². The van der Waals surface area contributed by atoms with Crippen LogP contribution >= 0.6 is 0 Å². The van der Waals surface area contributed by atoms with E-state index in [0.717, 1.165) is 29.8 Å². The molecule has 1 atom stereocenters. The number of hydrogen-bond acceptors (Lipinski definition) is 7. The van der Waals surface area contributed by atoms with Crippen LogP contribution in [0.3, 0.4) is 0 Å². The van der Waals surface area contributed by atoms with Crippen LogP contribution in [0.5, 0.6) is 5.75 Å². The average molecular weight is 567 g/mol. The summed E-state index contributed by atoms with van der Waals surface area (Å²) >= 11 is 0. The third-order valence-corrected chi connectivity index (χ3v) is 6.96. The molecular formula is C33H38N6O3. The van der Waals surface area contributed by atoms with Crippen LogP contribution in [0, 0.1) is 17.8 Å². The number of amides is 2. The summed E-state index contributed by atoms with van der Waals surface area (Å²) in [7, 11) is 2.04. The summed E-state index contributed by atoms with van der Waals surface area (Å²) in [6.45, 7) is 10.1. The summed E-state index contributed by atoms with van der Waals surface area (Å²) in [5.74, 6) is 5.62. The molecule has 218 valence electrons. The number of guanidine groups is 1. The van der Waals surface area contributed by atoms with Gasteiger partial charge in [-0.2, -0.15) is 0 Å². The normalized spacial score (nSPS) is 20.8. The lowest BCUT2D eigenvalue weighted by molar-refractivity contribution is -0.124. The summed E-state index contributed by atoms with van der Waals surface area (Å²) in [5, 5.41) is 6.34. The molecule has 9 heteroatoms. The molecule has 2 N–H and O–H groups in total. The van der Waals surface area contributed by atoms with Crippen LogP contribution in [-0.2, 0) is 16.1 Å². The highest BCUT2D eigenvalue weighted by atomic mass is 16.5. The predicted molar refractivity (Wildman–Crippen MR) is 169 cm³/mol. The highest BCUT2D eigenvalue weighted by Gasteiger charge is 2.30. The van der Waals surface area contributed by atoms with Crippen molar-refractivity contribution in [3.8, 4) is 17.6 Å². The van der Waals surface area contributed by atoms with E-state index in [4.69, 9.17) is 9.73 Å². The molecule has 1 unspecified atom stereocenters. The smallest absolute Gasteiger partial charge is 0.298 e. The van der Waals surface area contributed by atoms with E-state index < -0.39 is 0 Å². The minimum absolute atomic E-state index is 0.127. The van der Waals surface area contributed by atoms with Gasteiger partial charge in [0.2, 0.25) is 11.9 Å². The van der Waals surface area contributed by atoms with Crippen molar-refractivity contribution in [3.63, 3.8) is 0 Å². The van der Waals surface area contributed by atoms with Crippen LogP contribution in [0.25, 0.3) is 5.70 Å². The van der Waals surface area contributed by atoms with Crippen LogP contribution in [-0.4, -0.2) is 67.6 Å². The van der Waals surface area contributed by atoms with Crippen molar-refractivity contribution >= 4 is 41.6 Å². The zero-order valence-electron chi connectivity index (χ0n) is 24.5. The number of likely N-dealkylation sites (N-methyl/N-ethyl adjacent to an activating group) is 1. The number of nitrogens with one attached hydrogen (secondary N) is 2. The van der Waals surface area contributed by atoms with Gasteiger partial charge in [-0.15, -0.1) is 0 Å². The Morgan fingerprint density at radius 3 is 2.88 bits per heavy atom. The molecule has 0 aliphatic carbocycles. The number of likely N-dealkylation sites (tertiary alicyclic amines) is 1. The van der Waals surface area contributed by atoms with Gasteiger partial charge in [0.1, 0.15) is 5.75 Å². The van der Waals surface area contributed by atoms with Crippen molar-refractivity contribution in [2.24, 2.45) is 15.9 Å². The minimum atomic E-state index is -0.303. The fourth-order valence-electron chi connectivity index (χ4n) is 4.90. The Bertz CT molecular complexity index is 1470. The molecule has 0 radical (unpaired) electrons. The molecule has 2 aliphatic rings. The van der Waals surface area contributed by atoms with E-state index in [1.165, 1.54) is 0 Å². The molecule has 0 spiro atoms. The lowest BCUT2D eigenvalue weighted by atomic mass is 10.1. The predicted octanol–water partition coefficient (Wildman–Crippen LogP) is 4.80. The minimum Gasteiger partial charge on any atom is -0.493 e. The van der Waals surface area contributed by atoms with Crippen molar-refractivity contribution in [2.45, 2.75) is 33.2 Å². The molecule has 9 nitrogen and oxygen atoms in total. The maximum atomic E-state index is 13.2. The molecular weight excluding hydrogens is 528 g/mol. The third-order valence-electron chi connectivity index (χ3n) is 6.96. The zero-order chi connectivity index (χ0) is 29.9. The fourth-order valence-corrected chi connectivity index (χ4v) is 4.90. The van der Waals surface area contributed by atoms with Gasteiger partial charge in [0.25, 0.3) is 5.91 Å². The number of carbonyl (C=O) groups excluding carboxylic acids is 2. The van der Waals surface area contributed by atoms with Crippen LogP contribution in [0.4, 0.5) is 11.4 Å². The van der Waals surface area contributed by atoms with Crippen molar-refractivity contribution in [1.29, 1.82) is 0 Å². The SMILES string of the molecule is C=N/C1=N\C(=C/C)c2cccc(c2)OCC/C=C/CN(C)Cc2cc(NC(=O)C3CCN(C(=O)C#CC)C3)cc(c2)N1. The molecule has 2 amide bonds. The first-order valence-electron chi connectivity index (χ1n) is 14.1. The van der Waals surface area contributed by atoms with Gasteiger partial charge in [-0.05, 0) is 82.3 Å². The number of fused-ring (bicyclic) bond motifs is 4. The van der Waals surface area contributed by atoms with E-state index in [2.05, 4.69) is 51.2 Å². The quantitative estimate of drug-likeness (QED) is 0.309. The summed E-state index contributed by atoms with van der Waals surface area (Å²) in [4.78, 5) is 38.1. The van der Waals surface area contributed by atoms with E-state index >= 15 is 0 Å². The Hall–Kier alpha value is -4.68. The second-order valence-electron chi connectivity index (χ2n) is 10.2. The Morgan fingerprint density at radius 2 is 2.10 bits per heavy atom. The summed E-state index contributed by atoms with van der Waals surface area (Å²) < 4.78 is 5.96. The van der Waals surface area contributed by atoms with Crippen LogP contribution in [0.2, 0.25) is 0 Å². The molecule has 1 saturated heterocycles. The van der Waals surface area contributed by atoms with E-state index in [1.54, 1.807) is 11.8 Å². The molecule has 2 aliphatic heterocycles. The highest BCUT2D eigenvalue weighted by molar-refractivity contribution is 6.01. The van der Waals surface area contributed by atoms with Crippen molar-refractivity contribution in [2.75, 3.05) is 43.9 Å². The Balaban J connectivity index is 1.62. The standard InChI is InChI=1S/C33H38N6O3/c1-5-11-31(40)39-16-14-26(23-39)32(41)35-27-18-24-19-28(21-27)36-33(34-3)37-30(6-2)25-12-10-13-29(20-25)42-17-9-7-8-15-38(4)22-24/h6-8,10,12-13,18-21,26H,3,9,14-17,22-23H2,1-2,4H3,(H,35,41)(H,36,37)/b8-7+,30-6-. The second kappa shape index (κ2) is 14.8. The third kappa shape index (κ3) is 8.41. The van der Waals surface area contributed by atoms with Crippen LogP contribution in [0.15, 0.2) is 70.7 Å². The summed E-state index contributed by atoms with van der Waals surface area (Å²) in [6, 6.07) is 13.6. The highest BCUT2D eigenvalue weighted by Crippen LogP contribution is 2.25. The molecule has 0 saturated carbocycles. The van der Waals surface area contributed by atoms with Gasteiger partial charge in [0.15, 0.2) is 0 Å². The number of carbonyl (C=O) groups is 2. The first-order valence-corrected chi connectivity index (χ1v) is 14.1. The van der Waals surface area contributed by atoms with Crippen molar-refractivity contribution in [3.05, 3.63) is 71.8 Å². The number of benzene rings is 2. The van der Waals surface area contributed by atoms with Gasteiger partial charge in [-0.25, -0.2) is 9.98 Å². The van der Waals surface area contributed by atoms with Gasteiger partial charge < -0.3 is 20.3 Å². The summed E-state index contributed by atoms with van der Waals surface area (Å²) in [6.07, 6.45) is 7.55.